The van der Waals surface area contributed by atoms with Gasteiger partial charge in [0.15, 0.2) is 5.78 Å². The SMILES string of the molecule is Cc1ccc(C)c(SCC(=O)c2ccc3[nH]c(=O)[nH]c3c2)c1. The third kappa shape index (κ3) is 2.99. The molecule has 3 aromatic rings. The zero-order chi connectivity index (χ0) is 15.7. The average molecular weight is 312 g/mol. The summed E-state index contributed by atoms with van der Waals surface area (Å²) in [6.07, 6.45) is 0. The summed E-state index contributed by atoms with van der Waals surface area (Å²) in [7, 11) is 0. The number of ketones is 1. The van der Waals surface area contributed by atoms with Crippen LogP contribution in [0.4, 0.5) is 0 Å². The molecule has 0 aliphatic rings. The van der Waals surface area contributed by atoms with Crippen molar-refractivity contribution in [3.05, 3.63) is 63.6 Å². The lowest BCUT2D eigenvalue weighted by Crippen LogP contribution is -2.02. The number of carbonyl (C=O) groups excluding carboxylic acids is 1. The molecule has 0 spiro atoms. The molecule has 0 atom stereocenters. The predicted octanol–water partition coefficient (Wildman–Crippen LogP) is 3.45. The van der Waals surface area contributed by atoms with Gasteiger partial charge in [-0.3, -0.25) is 4.79 Å². The van der Waals surface area contributed by atoms with Crippen LogP contribution in [0.15, 0.2) is 46.1 Å². The van der Waals surface area contributed by atoms with Crippen molar-refractivity contribution in [1.82, 2.24) is 9.97 Å². The van der Waals surface area contributed by atoms with Gasteiger partial charge in [-0.15, -0.1) is 11.8 Å². The Morgan fingerprint density at radius 2 is 1.82 bits per heavy atom. The van der Waals surface area contributed by atoms with E-state index in [1.165, 1.54) is 11.1 Å². The van der Waals surface area contributed by atoms with Gasteiger partial charge in [-0.1, -0.05) is 17.7 Å². The number of aromatic amines is 2. The Balaban J connectivity index is 1.78. The number of Topliss-reactive ketones (excluding diaryl/α,β-unsaturated/α-hetero) is 1. The second-order valence-corrected chi connectivity index (χ2v) is 6.34. The number of H-pyrrole nitrogens is 2. The summed E-state index contributed by atoms with van der Waals surface area (Å²) in [6.45, 7) is 4.09. The molecule has 1 heterocycles. The Kier molecular flexibility index (Phi) is 3.90. The normalized spacial score (nSPS) is 11.0. The van der Waals surface area contributed by atoms with Crippen LogP contribution >= 0.6 is 11.8 Å². The third-order valence-electron chi connectivity index (χ3n) is 3.54. The highest BCUT2D eigenvalue weighted by Gasteiger charge is 2.10. The number of rotatable bonds is 4. The summed E-state index contributed by atoms with van der Waals surface area (Å²) in [4.78, 5) is 30.1. The fraction of sp³-hybridized carbons (Fsp3) is 0.176. The molecule has 22 heavy (non-hydrogen) atoms. The van der Waals surface area contributed by atoms with E-state index in [0.29, 0.717) is 22.3 Å². The maximum atomic E-state index is 12.3. The fourth-order valence-corrected chi connectivity index (χ4v) is 3.31. The summed E-state index contributed by atoms with van der Waals surface area (Å²) >= 11 is 1.55. The number of benzene rings is 2. The molecule has 5 heteroatoms. The topological polar surface area (TPSA) is 65.7 Å². The van der Waals surface area contributed by atoms with Crippen molar-refractivity contribution in [1.29, 1.82) is 0 Å². The molecule has 0 amide bonds. The van der Waals surface area contributed by atoms with Gasteiger partial charge >= 0.3 is 5.69 Å². The highest BCUT2D eigenvalue weighted by Crippen LogP contribution is 2.24. The number of hydrogen-bond donors (Lipinski definition) is 2. The van der Waals surface area contributed by atoms with Gasteiger partial charge in [-0.2, -0.15) is 0 Å². The van der Waals surface area contributed by atoms with Gasteiger partial charge in [0.2, 0.25) is 0 Å². The first-order valence-corrected chi connectivity index (χ1v) is 7.97. The van der Waals surface area contributed by atoms with E-state index in [4.69, 9.17) is 0 Å². The van der Waals surface area contributed by atoms with Crippen molar-refractivity contribution in [2.24, 2.45) is 0 Å². The van der Waals surface area contributed by atoms with E-state index >= 15 is 0 Å². The summed E-state index contributed by atoms with van der Waals surface area (Å²) in [5.41, 5.74) is 4.09. The summed E-state index contributed by atoms with van der Waals surface area (Å²) < 4.78 is 0. The van der Waals surface area contributed by atoms with Gasteiger partial charge in [0, 0.05) is 10.5 Å². The van der Waals surface area contributed by atoms with E-state index in [-0.39, 0.29) is 11.5 Å². The van der Waals surface area contributed by atoms with Gasteiger partial charge in [-0.25, -0.2) is 4.79 Å². The van der Waals surface area contributed by atoms with Gasteiger partial charge < -0.3 is 9.97 Å². The van der Waals surface area contributed by atoms with Crippen molar-refractivity contribution < 1.29 is 4.79 Å². The Labute approximate surface area is 132 Å². The first-order chi connectivity index (χ1) is 10.5. The quantitative estimate of drug-likeness (QED) is 0.573. The zero-order valence-corrected chi connectivity index (χ0v) is 13.2. The Morgan fingerprint density at radius 3 is 2.64 bits per heavy atom. The standard InChI is InChI=1S/C17H16N2O2S/c1-10-3-4-11(2)16(7-10)22-9-15(20)12-5-6-13-14(8-12)19-17(21)18-13/h3-8H,9H2,1-2H3,(H2,18,19,21). The maximum Gasteiger partial charge on any atom is 0.323 e. The fourth-order valence-electron chi connectivity index (χ4n) is 2.30. The zero-order valence-electron chi connectivity index (χ0n) is 12.4. The van der Waals surface area contributed by atoms with Crippen LogP contribution in [0.5, 0.6) is 0 Å². The van der Waals surface area contributed by atoms with Crippen molar-refractivity contribution in [2.75, 3.05) is 5.75 Å². The van der Waals surface area contributed by atoms with Gasteiger partial charge in [0.1, 0.15) is 0 Å². The third-order valence-corrected chi connectivity index (χ3v) is 4.70. The molecular weight excluding hydrogens is 296 g/mol. The first-order valence-electron chi connectivity index (χ1n) is 6.98. The lowest BCUT2D eigenvalue weighted by molar-refractivity contribution is 0.102. The van der Waals surface area contributed by atoms with Crippen molar-refractivity contribution in [3.63, 3.8) is 0 Å². The maximum absolute atomic E-state index is 12.3. The van der Waals surface area contributed by atoms with Crippen LogP contribution in [-0.4, -0.2) is 21.5 Å². The number of fused-ring (bicyclic) bond motifs is 1. The average Bonchev–Trinajstić information content (AvgIpc) is 2.86. The molecule has 112 valence electrons. The molecule has 0 radical (unpaired) electrons. The number of hydrogen-bond acceptors (Lipinski definition) is 3. The molecule has 3 rings (SSSR count). The van der Waals surface area contributed by atoms with E-state index in [9.17, 15) is 9.59 Å². The molecule has 1 aromatic heterocycles. The van der Waals surface area contributed by atoms with E-state index in [1.807, 2.05) is 13.8 Å². The minimum absolute atomic E-state index is 0.0508. The van der Waals surface area contributed by atoms with E-state index in [1.54, 1.807) is 30.0 Å². The molecule has 4 nitrogen and oxygen atoms in total. The van der Waals surface area contributed by atoms with Crippen LogP contribution in [0.25, 0.3) is 11.0 Å². The number of carbonyl (C=O) groups is 1. The molecule has 0 unspecified atom stereocenters. The molecule has 0 aliphatic heterocycles. The number of nitrogens with one attached hydrogen (secondary N) is 2. The molecule has 2 N–H and O–H groups in total. The summed E-state index contributed by atoms with van der Waals surface area (Å²) in [6, 6.07) is 11.5. The van der Waals surface area contributed by atoms with E-state index in [2.05, 4.69) is 28.2 Å². The minimum atomic E-state index is -0.260. The minimum Gasteiger partial charge on any atom is -0.306 e. The molecule has 0 saturated heterocycles. The summed E-state index contributed by atoms with van der Waals surface area (Å²) in [5.74, 6) is 0.430. The second-order valence-electron chi connectivity index (χ2n) is 5.32. The van der Waals surface area contributed by atoms with Crippen LogP contribution in [0.3, 0.4) is 0 Å². The molecular formula is C17H16N2O2S. The first kappa shape index (κ1) is 14.7. The number of aromatic nitrogens is 2. The largest absolute Gasteiger partial charge is 0.323 e. The molecule has 0 bridgehead atoms. The van der Waals surface area contributed by atoms with E-state index in [0.717, 1.165) is 4.90 Å². The van der Waals surface area contributed by atoms with E-state index < -0.39 is 0 Å². The smallest absolute Gasteiger partial charge is 0.306 e. The highest BCUT2D eigenvalue weighted by molar-refractivity contribution is 8.00. The molecule has 0 fully saturated rings. The molecule has 0 aliphatic carbocycles. The highest BCUT2D eigenvalue weighted by atomic mass is 32.2. The molecule has 2 aromatic carbocycles. The van der Waals surface area contributed by atoms with Crippen LogP contribution in [0.1, 0.15) is 21.5 Å². The lowest BCUT2D eigenvalue weighted by atomic mass is 10.1. The van der Waals surface area contributed by atoms with Gasteiger partial charge in [0.05, 0.1) is 16.8 Å². The Bertz CT molecular complexity index is 908. The lowest BCUT2D eigenvalue weighted by Gasteiger charge is -2.06. The van der Waals surface area contributed by atoms with Crippen molar-refractivity contribution in [2.45, 2.75) is 18.7 Å². The summed E-state index contributed by atoms with van der Waals surface area (Å²) in [5, 5.41) is 0. The van der Waals surface area contributed by atoms with Crippen LogP contribution < -0.4 is 5.69 Å². The second kappa shape index (κ2) is 5.85. The van der Waals surface area contributed by atoms with Crippen LogP contribution in [0.2, 0.25) is 0 Å². The number of imidazole rings is 1. The monoisotopic (exact) mass is 312 g/mol. The van der Waals surface area contributed by atoms with Gasteiger partial charge in [-0.05, 0) is 43.7 Å². The van der Waals surface area contributed by atoms with Crippen LogP contribution in [0, 0.1) is 13.8 Å². The predicted molar refractivity (Wildman–Crippen MR) is 89.9 cm³/mol. The molecule has 0 saturated carbocycles. The Hall–Kier alpha value is -2.27. The van der Waals surface area contributed by atoms with Crippen molar-refractivity contribution in [3.8, 4) is 0 Å². The van der Waals surface area contributed by atoms with Gasteiger partial charge in [0.25, 0.3) is 0 Å². The van der Waals surface area contributed by atoms with Crippen LogP contribution in [-0.2, 0) is 0 Å². The number of aryl methyl sites for hydroxylation is 2. The number of thioether (sulfide) groups is 1. The van der Waals surface area contributed by atoms with Crippen molar-refractivity contribution >= 4 is 28.6 Å². The Morgan fingerprint density at radius 1 is 1.05 bits per heavy atom.